The predicted octanol–water partition coefficient (Wildman–Crippen LogP) is 4.18. The highest BCUT2D eigenvalue weighted by Crippen LogP contribution is 2.28. The van der Waals surface area contributed by atoms with Crippen molar-refractivity contribution in [3.8, 4) is 0 Å². The van der Waals surface area contributed by atoms with E-state index >= 15 is 0 Å². The number of hydrogen-bond acceptors (Lipinski definition) is 2. The minimum Gasteiger partial charge on any atom is -0.371 e. The number of nitrogens with one attached hydrogen (secondary N) is 1. The van der Waals surface area contributed by atoms with Crippen LogP contribution in [0, 0.1) is 0 Å². The second-order valence-corrected chi connectivity index (χ2v) is 6.04. The molecule has 1 unspecified atom stereocenters. The van der Waals surface area contributed by atoms with Crippen LogP contribution in [0.4, 0.5) is 5.69 Å². The lowest BCUT2D eigenvalue weighted by molar-refractivity contribution is 0.588. The largest absolute Gasteiger partial charge is 0.371 e. The zero-order chi connectivity index (χ0) is 13.7. The summed E-state index contributed by atoms with van der Waals surface area (Å²) in [6.45, 7) is 9.72. The zero-order valence-corrected chi connectivity index (χ0v) is 13.7. The maximum atomic E-state index is 3.68. The number of hydrogen-bond donors (Lipinski definition) is 1. The molecule has 2 nitrogen and oxygen atoms in total. The summed E-state index contributed by atoms with van der Waals surface area (Å²) in [5.41, 5.74) is 2.58. The molecule has 1 N–H and O–H groups in total. The first-order valence-corrected chi connectivity index (χ1v) is 7.49. The lowest BCUT2D eigenvalue weighted by Crippen LogP contribution is -2.28. The van der Waals surface area contributed by atoms with Gasteiger partial charge in [0.25, 0.3) is 0 Å². The highest BCUT2D eigenvalue weighted by molar-refractivity contribution is 9.10. The molecule has 0 fully saturated rings. The highest BCUT2D eigenvalue weighted by atomic mass is 79.9. The van der Waals surface area contributed by atoms with E-state index in [4.69, 9.17) is 0 Å². The Balaban J connectivity index is 2.79. The first-order chi connectivity index (χ1) is 8.45. The van der Waals surface area contributed by atoms with Gasteiger partial charge in [-0.2, -0.15) is 0 Å². The smallest absolute Gasteiger partial charge is 0.0510 e. The molecule has 0 aliphatic heterocycles. The Morgan fingerprint density at radius 3 is 2.44 bits per heavy atom. The third-order valence-electron chi connectivity index (χ3n) is 3.36. The molecule has 18 heavy (non-hydrogen) atoms. The van der Waals surface area contributed by atoms with Gasteiger partial charge in [-0.15, -0.1) is 0 Å². The minimum absolute atomic E-state index is 0.520. The van der Waals surface area contributed by atoms with Gasteiger partial charge in [0.2, 0.25) is 0 Å². The van der Waals surface area contributed by atoms with Gasteiger partial charge < -0.3 is 10.2 Å². The molecule has 0 aromatic heterocycles. The number of benzene rings is 1. The summed E-state index contributed by atoms with van der Waals surface area (Å²) in [7, 11) is 2.15. The minimum atomic E-state index is 0.520. The predicted molar refractivity (Wildman–Crippen MR) is 84.3 cm³/mol. The van der Waals surface area contributed by atoms with Crippen LogP contribution in [0.15, 0.2) is 22.7 Å². The van der Waals surface area contributed by atoms with E-state index in [9.17, 15) is 0 Å². The Morgan fingerprint density at radius 2 is 1.94 bits per heavy atom. The fourth-order valence-corrected chi connectivity index (χ4v) is 2.49. The third-order valence-corrected chi connectivity index (χ3v) is 3.99. The molecule has 0 aliphatic rings. The van der Waals surface area contributed by atoms with E-state index in [0.29, 0.717) is 12.1 Å². The quantitative estimate of drug-likeness (QED) is 0.847. The monoisotopic (exact) mass is 312 g/mol. The average Bonchev–Trinajstić information content (AvgIpc) is 2.34. The molecule has 0 radical (unpaired) electrons. The van der Waals surface area contributed by atoms with Crippen LogP contribution in [0.25, 0.3) is 0 Å². The van der Waals surface area contributed by atoms with Gasteiger partial charge in [0, 0.05) is 30.1 Å². The fourth-order valence-electron chi connectivity index (χ4n) is 1.78. The molecule has 1 aromatic rings. The highest BCUT2D eigenvalue weighted by Gasteiger charge is 2.11. The van der Waals surface area contributed by atoms with Gasteiger partial charge in [-0.25, -0.2) is 0 Å². The molecule has 0 amide bonds. The first-order valence-electron chi connectivity index (χ1n) is 6.70. The van der Waals surface area contributed by atoms with Crippen LogP contribution in [0.5, 0.6) is 0 Å². The van der Waals surface area contributed by atoms with E-state index in [1.165, 1.54) is 15.7 Å². The topological polar surface area (TPSA) is 15.3 Å². The lowest BCUT2D eigenvalue weighted by atomic mass is 10.1. The summed E-state index contributed by atoms with van der Waals surface area (Å²) >= 11 is 3.68. The Hall–Kier alpha value is -0.540. The van der Waals surface area contributed by atoms with E-state index in [1.807, 2.05) is 0 Å². The van der Waals surface area contributed by atoms with E-state index < -0.39 is 0 Å². The van der Waals surface area contributed by atoms with E-state index in [0.717, 1.165) is 13.0 Å². The average molecular weight is 313 g/mol. The molecule has 102 valence electrons. The van der Waals surface area contributed by atoms with Crippen molar-refractivity contribution in [2.45, 2.75) is 52.7 Å². The zero-order valence-electron chi connectivity index (χ0n) is 12.1. The molecule has 0 saturated carbocycles. The van der Waals surface area contributed by atoms with Crippen molar-refractivity contribution in [2.24, 2.45) is 0 Å². The molecule has 1 atom stereocenters. The van der Waals surface area contributed by atoms with Crippen LogP contribution in [-0.4, -0.2) is 19.1 Å². The maximum Gasteiger partial charge on any atom is 0.0510 e. The van der Waals surface area contributed by atoms with Gasteiger partial charge in [0.05, 0.1) is 5.69 Å². The molecule has 1 rings (SSSR count). The van der Waals surface area contributed by atoms with Crippen LogP contribution >= 0.6 is 15.9 Å². The van der Waals surface area contributed by atoms with Gasteiger partial charge in [-0.05, 0) is 47.0 Å². The molecular weight excluding hydrogens is 288 g/mol. The van der Waals surface area contributed by atoms with Crippen molar-refractivity contribution in [1.82, 2.24) is 5.32 Å². The molecule has 3 heteroatoms. The Morgan fingerprint density at radius 1 is 1.28 bits per heavy atom. The Kier molecular flexibility index (Phi) is 6.16. The fraction of sp³-hybridized carbons (Fsp3) is 0.600. The molecule has 0 saturated heterocycles. The summed E-state index contributed by atoms with van der Waals surface area (Å²) in [5.74, 6) is 0. The Bertz CT molecular complexity index is 377. The maximum absolute atomic E-state index is 3.68. The number of halogens is 1. The van der Waals surface area contributed by atoms with Gasteiger partial charge in [-0.1, -0.05) is 26.8 Å². The molecule has 0 aliphatic carbocycles. The van der Waals surface area contributed by atoms with Crippen LogP contribution < -0.4 is 10.2 Å². The van der Waals surface area contributed by atoms with Crippen molar-refractivity contribution in [3.63, 3.8) is 0 Å². The Labute approximate surface area is 120 Å². The summed E-state index contributed by atoms with van der Waals surface area (Å²) < 4.78 is 1.17. The van der Waals surface area contributed by atoms with Crippen molar-refractivity contribution in [1.29, 1.82) is 0 Å². The first kappa shape index (κ1) is 15.5. The van der Waals surface area contributed by atoms with Crippen LogP contribution in [-0.2, 0) is 6.54 Å². The van der Waals surface area contributed by atoms with E-state index in [1.54, 1.807) is 0 Å². The van der Waals surface area contributed by atoms with Crippen molar-refractivity contribution >= 4 is 21.6 Å². The molecule has 0 bridgehead atoms. The lowest BCUT2D eigenvalue weighted by Gasteiger charge is -2.27. The summed E-state index contributed by atoms with van der Waals surface area (Å²) in [4.78, 5) is 2.32. The second-order valence-electron chi connectivity index (χ2n) is 5.19. The number of rotatable bonds is 6. The van der Waals surface area contributed by atoms with Crippen molar-refractivity contribution < 1.29 is 0 Å². The molecule has 1 aromatic carbocycles. The van der Waals surface area contributed by atoms with Gasteiger partial charge in [-0.3, -0.25) is 0 Å². The summed E-state index contributed by atoms with van der Waals surface area (Å²) in [6.07, 6.45) is 1.15. The number of nitrogens with zero attached hydrogens (tertiary/aromatic N) is 1. The third kappa shape index (κ3) is 4.29. The summed E-state index contributed by atoms with van der Waals surface area (Å²) in [5, 5.41) is 3.44. The van der Waals surface area contributed by atoms with Gasteiger partial charge >= 0.3 is 0 Å². The van der Waals surface area contributed by atoms with Crippen molar-refractivity contribution in [2.75, 3.05) is 11.9 Å². The normalized spacial score (nSPS) is 12.8. The summed E-state index contributed by atoms with van der Waals surface area (Å²) in [6, 6.07) is 7.69. The van der Waals surface area contributed by atoms with E-state index in [-0.39, 0.29) is 0 Å². The van der Waals surface area contributed by atoms with Crippen molar-refractivity contribution in [3.05, 3.63) is 28.2 Å². The number of anilines is 1. The van der Waals surface area contributed by atoms with Crippen LogP contribution in [0.3, 0.4) is 0 Å². The van der Waals surface area contributed by atoms with Crippen LogP contribution in [0.1, 0.15) is 39.7 Å². The van der Waals surface area contributed by atoms with E-state index in [2.05, 4.69) is 79.1 Å². The van der Waals surface area contributed by atoms with Gasteiger partial charge in [0.1, 0.15) is 0 Å². The molecular formula is C15H25BrN2. The molecule has 0 spiro atoms. The second kappa shape index (κ2) is 7.15. The van der Waals surface area contributed by atoms with Gasteiger partial charge in [0.15, 0.2) is 0 Å². The molecule has 0 heterocycles. The van der Waals surface area contributed by atoms with Crippen LogP contribution in [0.2, 0.25) is 0 Å². The SMILES string of the molecule is CCC(C)N(C)c1ccc(CNC(C)C)cc1Br. The standard InChI is InChI=1S/C15H25BrN2/c1-6-12(4)18(5)15-8-7-13(9-14(15)16)10-17-11(2)3/h7-9,11-12,17H,6,10H2,1-5H3.